The molecule has 1 aliphatic rings. The maximum Gasteiger partial charge on any atom is 0.0609 e. The third-order valence-corrected chi connectivity index (χ3v) is 1.99. The Hall–Kier alpha value is -0.990. The molecular weight excluding hydrogens is 154 g/mol. The van der Waals surface area contributed by atoms with Crippen LogP contribution in [-0.2, 0) is 4.74 Å². The van der Waals surface area contributed by atoms with Crippen molar-refractivity contribution in [3.63, 3.8) is 0 Å². The van der Waals surface area contributed by atoms with Crippen LogP contribution in [-0.4, -0.2) is 18.8 Å². The highest BCUT2D eigenvalue weighted by Crippen LogP contribution is 2.18. The second-order valence-corrected chi connectivity index (χ2v) is 2.92. The normalized spacial score (nSPS) is 29.0. The number of hydrogen-bond donors (Lipinski definition) is 0. The fourth-order valence-electron chi connectivity index (χ4n) is 1.33. The minimum absolute atomic E-state index is 0.0380. The Bertz CT molecular complexity index is 190. The van der Waals surface area contributed by atoms with Crippen LogP contribution in [0.25, 0.3) is 10.4 Å². The highest BCUT2D eigenvalue weighted by Gasteiger charge is 2.19. The van der Waals surface area contributed by atoms with Gasteiger partial charge in [0.2, 0.25) is 0 Å². The van der Waals surface area contributed by atoms with Crippen molar-refractivity contribution in [1.29, 1.82) is 0 Å². The number of rotatable bonds is 3. The van der Waals surface area contributed by atoms with Gasteiger partial charge in [0.05, 0.1) is 18.8 Å². The second-order valence-electron chi connectivity index (χ2n) is 2.92. The SMILES string of the molecule is C=CC[C@@H]1CC[C@@H](N=[N+]=[N-])CO1. The van der Waals surface area contributed by atoms with Crippen LogP contribution >= 0.6 is 0 Å². The molecule has 0 aromatic rings. The summed E-state index contributed by atoms with van der Waals surface area (Å²) >= 11 is 0. The molecule has 12 heavy (non-hydrogen) atoms. The molecule has 1 fully saturated rings. The smallest absolute Gasteiger partial charge is 0.0609 e. The monoisotopic (exact) mass is 167 g/mol. The standard InChI is InChI=1S/C8H13N3O/c1-2-3-8-5-4-7(6-12-8)10-11-9/h2,7-8H,1,3-6H2/t7-,8-/m1/s1. The second kappa shape index (κ2) is 4.80. The van der Waals surface area contributed by atoms with E-state index < -0.39 is 0 Å². The molecule has 2 atom stereocenters. The molecule has 0 spiro atoms. The maximum atomic E-state index is 8.17. The molecule has 0 aliphatic carbocycles. The molecular formula is C8H13N3O. The molecule has 4 heteroatoms. The Labute approximate surface area is 71.8 Å². The summed E-state index contributed by atoms with van der Waals surface area (Å²) in [4.78, 5) is 2.76. The van der Waals surface area contributed by atoms with Crippen molar-refractivity contribution in [2.75, 3.05) is 6.61 Å². The van der Waals surface area contributed by atoms with Gasteiger partial charge in [0, 0.05) is 4.91 Å². The van der Waals surface area contributed by atoms with Gasteiger partial charge in [-0.3, -0.25) is 0 Å². The summed E-state index contributed by atoms with van der Waals surface area (Å²) in [5, 5.41) is 3.61. The van der Waals surface area contributed by atoms with Crippen molar-refractivity contribution in [2.24, 2.45) is 5.11 Å². The topological polar surface area (TPSA) is 58.0 Å². The van der Waals surface area contributed by atoms with Crippen LogP contribution in [0.2, 0.25) is 0 Å². The summed E-state index contributed by atoms with van der Waals surface area (Å²) in [5.41, 5.74) is 8.17. The van der Waals surface area contributed by atoms with Gasteiger partial charge in [0.15, 0.2) is 0 Å². The van der Waals surface area contributed by atoms with Crippen molar-refractivity contribution < 1.29 is 4.74 Å². The van der Waals surface area contributed by atoms with Gasteiger partial charge in [-0.1, -0.05) is 11.2 Å². The minimum Gasteiger partial charge on any atom is -0.377 e. The van der Waals surface area contributed by atoms with Crippen LogP contribution in [0.5, 0.6) is 0 Å². The largest absolute Gasteiger partial charge is 0.377 e. The Morgan fingerprint density at radius 3 is 3.00 bits per heavy atom. The molecule has 0 saturated carbocycles. The van der Waals surface area contributed by atoms with E-state index in [1.165, 1.54) is 0 Å². The van der Waals surface area contributed by atoms with Crippen molar-refractivity contribution in [2.45, 2.75) is 31.4 Å². The van der Waals surface area contributed by atoms with Gasteiger partial charge >= 0.3 is 0 Å². The molecule has 0 amide bonds. The Morgan fingerprint density at radius 2 is 2.50 bits per heavy atom. The summed E-state index contributed by atoms with van der Waals surface area (Å²) < 4.78 is 5.45. The minimum atomic E-state index is 0.0380. The number of azide groups is 1. The van der Waals surface area contributed by atoms with E-state index in [1.807, 2.05) is 6.08 Å². The third-order valence-electron chi connectivity index (χ3n) is 1.99. The molecule has 1 heterocycles. The first kappa shape index (κ1) is 9.10. The average molecular weight is 167 g/mol. The fraction of sp³-hybridized carbons (Fsp3) is 0.750. The van der Waals surface area contributed by atoms with Gasteiger partial charge in [-0.2, -0.15) is 0 Å². The number of hydrogen-bond acceptors (Lipinski definition) is 2. The van der Waals surface area contributed by atoms with Crippen molar-refractivity contribution >= 4 is 0 Å². The summed E-state index contributed by atoms with van der Waals surface area (Å²) in [7, 11) is 0. The zero-order chi connectivity index (χ0) is 8.81. The molecule has 0 aromatic heterocycles. The molecule has 1 aliphatic heterocycles. The maximum absolute atomic E-state index is 8.17. The van der Waals surface area contributed by atoms with Gasteiger partial charge in [-0.25, -0.2) is 0 Å². The first-order valence-electron chi connectivity index (χ1n) is 4.13. The zero-order valence-electron chi connectivity index (χ0n) is 7.02. The molecule has 0 radical (unpaired) electrons. The van der Waals surface area contributed by atoms with E-state index in [2.05, 4.69) is 16.6 Å². The lowest BCUT2D eigenvalue weighted by molar-refractivity contribution is 0.00781. The predicted molar refractivity (Wildman–Crippen MR) is 46.7 cm³/mol. The quantitative estimate of drug-likeness (QED) is 0.275. The highest BCUT2D eigenvalue weighted by molar-refractivity contribution is 4.80. The predicted octanol–water partition coefficient (Wildman–Crippen LogP) is 2.42. The molecule has 66 valence electrons. The van der Waals surface area contributed by atoms with Crippen molar-refractivity contribution in [3.8, 4) is 0 Å². The molecule has 0 aromatic carbocycles. The van der Waals surface area contributed by atoms with Crippen LogP contribution in [0.15, 0.2) is 17.8 Å². The van der Waals surface area contributed by atoms with E-state index in [4.69, 9.17) is 10.3 Å². The van der Waals surface area contributed by atoms with E-state index in [0.717, 1.165) is 19.3 Å². The van der Waals surface area contributed by atoms with E-state index >= 15 is 0 Å². The molecule has 0 N–H and O–H groups in total. The van der Waals surface area contributed by atoms with Crippen LogP contribution < -0.4 is 0 Å². The zero-order valence-corrected chi connectivity index (χ0v) is 7.02. The lowest BCUT2D eigenvalue weighted by Gasteiger charge is -2.25. The van der Waals surface area contributed by atoms with Gasteiger partial charge in [-0.05, 0) is 24.8 Å². The summed E-state index contributed by atoms with van der Waals surface area (Å²) in [6, 6.07) is 0.0380. The lowest BCUT2D eigenvalue weighted by atomic mass is 10.0. The lowest BCUT2D eigenvalue weighted by Crippen LogP contribution is -2.27. The first-order valence-corrected chi connectivity index (χ1v) is 4.13. The van der Waals surface area contributed by atoms with Gasteiger partial charge in [0.25, 0.3) is 0 Å². The van der Waals surface area contributed by atoms with Crippen LogP contribution in [0.1, 0.15) is 19.3 Å². The molecule has 4 nitrogen and oxygen atoms in total. The van der Waals surface area contributed by atoms with E-state index in [0.29, 0.717) is 6.61 Å². The molecule has 0 unspecified atom stereocenters. The summed E-state index contributed by atoms with van der Waals surface area (Å²) in [6.45, 7) is 4.21. The Morgan fingerprint density at radius 1 is 1.67 bits per heavy atom. The average Bonchev–Trinajstić information content (AvgIpc) is 2.09. The first-order chi connectivity index (χ1) is 5.86. The van der Waals surface area contributed by atoms with Gasteiger partial charge < -0.3 is 4.74 Å². The molecule has 0 bridgehead atoms. The Kier molecular flexibility index (Phi) is 3.64. The van der Waals surface area contributed by atoms with Crippen LogP contribution in [0.3, 0.4) is 0 Å². The summed E-state index contributed by atoms with van der Waals surface area (Å²) in [6.07, 6.45) is 4.94. The fourth-order valence-corrected chi connectivity index (χ4v) is 1.33. The Balaban J connectivity index is 2.28. The van der Waals surface area contributed by atoms with E-state index in [1.54, 1.807) is 0 Å². The van der Waals surface area contributed by atoms with E-state index in [-0.39, 0.29) is 12.1 Å². The molecule has 1 saturated heterocycles. The number of ether oxygens (including phenoxy) is 1. The number of nitrogens with zero attached hydrogens (tertiary/aromatic N) is 3. The van der Waals surface area contributed by atoms with E-state index in [9.17, 15) is 0 Å². The van der Waals surface area contributed by atoms with Crippen molar-refractivity contribution in [1.82, 2.24) is 0 Å². The van der Waals surface area contributed by atoms with Gasteiger partial charge in [-0.15, -0.1) is 6.58 Å². The van der Waals surface area contributed by atoms with Gasteiger partial charge in [0.1, 0.15) is 0 Å². The molecule has 1 rings (SSSR count). The third kappa shape index (κ3) is 2.57. The van der Waals surface area contributed by atoms with Crippen LogP contribution in [0, 0.1) is 0 Å². The highest BCUT2D eigenvalue weighted by atomic mass is 16.5. The summed E-state index contributed by atoms with van der Waals surface area (Å²) in [5.74, 6) is 0. The van der Waals surface area contributed by atoms with Crippen LogP contribution in [0.4, 0.5) is 0 Å². The van der Waals surface area contributed by atoms with Crippen molar-refractivity contribution in [3.05, 3.63) is 23.1 Å².